The van der Waals surface area contributed by atoms with Gasteiger partial charge in [0.05, 0.1) is 13.2 Å². The van der Waals surface area contributed by atoms with Crippen molar-refractivity contribution >= 4 is 7.82 Å². The zero-order valence-electron chi connectivity index (χ0n) is 8.48. The van der Waals surface area contributed by atoms with Gasteiger partial charge in [0.25, 0.3) is 7.82 Å². The minimum Gasteiger partial charge on any atom is -0.756 e. The van der Waals surface area contributed by atoms with Crippen molar-refractivity contribution in [2.75, 3.05) is 26.3 Å². The van der Waals surface area contributed by atoms with Gasteiger partial charge >= 0.3 is 18.9 Å². The molecule has 1 rings (SSSR count). The summed E-state index contributed by atoms with van der Waals surface area (Å²) in [5, 5.41) is 0. The SMILES string of the molecule is NCCN.O=P1([O-])OCCCCO1.[Li+]. The van der Waals surface area contributed by atoms with Crippen molar-refractivity contribution in [3.05, 3.63) is 0 Å². The number of hydrogen-bond acceptors (Lipinski definition) is 6. The molecule has 0 aliphatic carbocycles. The molecule has 0 aromatic rings. The average molecular weight is 218 g/mol. The Morgan fingerprint density at radius 2 is 1.50 bits per heavy atom. The van der Waals surface area contributed by atoms with E-state index in [-0.39, 0.29) is 32.1 Å². The Morgan fingerprint density at radius 3 is 1.79 bits per heavy atom. The summed E-state index contributed by atoms with van der Waals surface area (Å²) in [5.41, 5.74) is 9.81. The monoisotopic (exact) mass is 218 g/mol. The third-order valence-corrected chi connectivity index (χ3v) is 2.20. The molecule has 1 aliphatic rings. The van der Waals surface area contributed by atoms with Crippen molar-refractivity contribution in [2.45, 2.75) is 12.8 Å². The van der Waals surface area contributed by atoms with E-state index >= 15 is 0 Å². The second kappa shape index (κ2) is 10.2. The summed E-state index contributed by atoms with van der Waals surface area (Å²) < 4.78 is 19.2. The second-order valence-corrected chi connectivity index (χ2v) is 3.81. The number of rotatable bonds is 1. The van der Waals surface area contributed by atoms with Crippen LogP contribution in [0.1, 0.15) is 12.8 Å². The van der Waals surface area contributed by atoms with Crippen molar-refractivity contribution in [3.8, 4) is 0 Å². The van der Waals surface area contributed by atoms with Crippen molar-refractivity contribution in [3.63, 3.8) is 0 Å². The van der Waals surface area contributed by atoms with Gasteiger partial charge in [-0.05, 0) is 12.8 Å². The first-order chi connectivity index (χ1) is 6.12. The topological polar surface area (TPSA) is 111 Å². The van der Waals surface area contributed by atoms with Gasteiger partial charge in [-0.1, -0.05) is 0 Å². The summed E-state index contributed by atoms with van der Waals surface area (Å²) in [7, 11) is -3.88. The number of phosphoric ester groups is 1. The Kier molecular flexibility index (Phi) is 12.4. The van der Waals surface area contributed by atoms with Crippen LogP contribution >= 0.6 is 7.82 Å². The molecule has 80 valence electrons. The van der Waals surface area contributed by atoms with E-state index in [9.17, 15) is 9.46 Å². The molecule has 0 aromatic carbocycles. The Morgan fingerprint density at radius 1 is 1.14 bits per heavy atom. The maximum Gasteiger partial charge on any atom is 1.00 e. The van der Waals surface area contributed by atoms with Gasteiger partial charge in [-0.15, -0.1) is 0 Å². The van der Waals surface area contributed by atoms with E-state index in [1.807, 2.05) is 0 Å². The van der Waals surface area contributed by atoms with Gasteiger partial charge in [0, 0.05) is 13.1 Å². The van der Waals surface area contributed by atoms with Crippen molar-refractivity contribution < 1.29 is 37.4 Å². The van der Waals surface area contributed by atoms with Crippen molar-refractivity contribution in [1.29, 1.82) is 0 Å². The third-order valence-electron chi connectivity index (χ3n) is 1.20. The fourth-order valence-electron chi connectivity index (χ4n) is 0.594. The fourth-order valence-corrected chi connectivity index (χ4v) is 1.37. The molecule has 0 amide bonds. The van der Waals surface area contributed by atoms with Gasteiger partial charge in [0.1, 0.15) is 0 Å². The molecule has 0 spiro atoms. The molecule has 1 aliphatic heterocycles. The molecule has 0 radical (unpaired) electrons. The molecule has 14 heavy (non-hydrogen) atoms. The van der Waals surface area contributed by atoms with E-state index in [4.69, 9.17) is 11.5 Å². The quantitative estimate of drug-likeness (QED) is 0.345. The van der Waals surface area contributed by atoms with E-state index < -0.39 is 7.82 Å². The molecule has 4 N–H and O–H groups in total. The summed E-state index contributed by atoms with van der Waals surface area (Å²) >= 11 is 0. The summed E-state index contributed by atoms with van der Waals surface area (Å²) in [5.74, 6) is 0. The Bertz CT molecular complexity index is 158. The van der Waals surface area contributed by atoms with E-state index in [0.29, 0.717) is 13.1 Å². The molecular formula is C6H16LiN2O4P. The summed E-state index contributed by atoms with van der Waals surface area (Å²) in [6.45, 7) is 1.72. The van der Waals surface area contributed by atoms with Crippen LogP contribution in [0, 0.1) is 0 Å². The van der Waals surface area contributed by atoms with Crippen LogP contribution in [0.2, 0.25) is 0 Å². The van der Waals surface area contributed by atoms with Crippen LogP contribution in [0.3, 0.4) is 0 Å². The second-order valence-electron chi connectivity index (χ2n) is 2.40. The zero-order valence-corrected chi connectivity index (χ0v) is 9.37. The Labute approximate surface area is 96.1 Å². The molecule has 1 heterocycles. The van der Waals surface area contributed by atoms with Crippen LogP contribution in [0.5, 0.6) is 0 Å². The summed E-state index contributed by atoms with van der Waals surface area (Å²) in [6, 6.07) is 0. The molecule has 0 aromatic heterocycles. The minimum atomic E-state index is -3.88. The van der Waals surface area contributed by atoms with Crippen LogP contribution in [0.25, 0.3) is 0 Å². The number of hydrogen-bond donors (Lipinski definition) is 2. The molecule has 1 saturated heterocycles. The fraction of sp³-hybridized carbons (Fsp3) is 1.00. The van der Waals surface area contributed by atoms with Gasteiger partial charge in [0.2, 0.25) is 0 Å². The largest absolute Gasteiger partial charge is 1.00 e. The van der Waals surface area contributed by atoms with Crippen molar-refractivity contribution in [2.24, 2.45) is 11.5 Å². The minimum absolute atomic E-state index is 0. The zero-order chi connectivity index (χ0) is 10.2. The molecule has 0 bridgehead atoms. The van der Waals surface area contributed by atoms with Gasteiger partial charge in [0.15, 0.2) is 0 Å². The maximum atomic E-state index is 10.5. The standard InChI is InChI=1S/C4H9O4P.C2H8N2.Li/c5-9(6)7-3-1-2-4-8-9;3-1-2-4;/h1-4H2,(H,5,6);1-4H2;/q;;+1/p-1. The van der Waals surface area contributed by atoms with Crippen LogP contribution < -0.4 is 35.2 Å². The molecular weight excluding hydrogens is 202 g/mol. The molecule has 0 unspecified atom stereocenters. The smallest absolute Gasteiger partial charge is 0.756 e. The summed E-state index contributed by atoms with van der Waals surface area (Å²) in [4.78, 5) is 10.5. The molecule has 6 nitrogen and oxygen atoms in total. The molecule has 0 saturated carbocycles. The first kappa shape index (κ1) is 17.0. The predicted molar refractivity (Wildman–Crippen MR) is 46.9 cm³/mol. The van der Waals surface area contributed by atoms with Gasteiger partial charge < -0.3 is 25.4 Å². The number of nitrogens with two attached hydrogens (primary N) is 2. The molecule has 8 heteroatoms. The van der Waals surface area contributed by atoms with Crippen LogP contribution in [0.15, 0.2) is 0 Å². The van der Waals surface area contributed by atoms with Gasteiger partial charge in [-0.25, -0.2) is 0 Å². The van der Waals surface area contributed by atoms with Crippen LogP contribution in [-0.2, 0) is 13.6 Å². The molecule has 1 fully saturated rings. The normalized spacial score (nSPS) is 19.6. The number of phosphoric acid groups is 1. The van der Waals surface area contributed by atoms with Gasteiger partial charge in [-0.3, -0.25) is 4.57 Å². The Balaban J connectivity index is 0. The third kappa shape index (κ3) is 10.7. The van der Waals surface area contributed by atoms with Crippen molar-refractivity contribution in [1.82, 2.24) is 0 Å². The molecule has 0 atom stereocenters. The van der Waals surface area contributed by atoms with Gasteiger partial charge in [-0.2, -0.15) is 0 Å². The predicted octanol–water partition coefficient (Wildman–Crippen LogP) is -3.81. The van der Waals surface area contributed by atoms with E-state index in [0.717, 1.165) is 12.8 Å². The van der Waals surface area contributed by atoms with E-state index in [2.05, 4.69) is 9.05 Å². The Hall–Kier alpha value is 0.627. The average Bonchev–Trinajstić information content (AvgIpc) is 2.29. The van der Waals surface area contributed by atoms with Crippen LogP contribution in [0.4, 0.5) is 0 Å². The van der Waals surface area contributed by atoms with E-state index in [1.54, 1.807) is 0 Å². The first-order valence-corrected chi connectivity index (χ1v) is 5.58. The maximum absolute atomic E-state index is 10.5. The summed E-state index contributed by atoms with van der Waals surface area (Å²) in [6.07, 6.45) is 1.51. The van der Waals surface area contributed by atoms with Crippen LogP contribution in [-0.4, -0.2) is 26.3 Å². The first-order valence-electron chi connectivity index (χ1n) is 4.12. The van der Waals surface area contributed by atoms with E-state index in [1.165, 1.54) is 0 Å².